The Morgan fingerprint density at radius 3 is 0.802 bits per heavy atom. The topological polar surface area (TPSA) is 78.9 Å². The standard InChI is InChI=1S/C75H114O6/c1-4-7-10-13-16-19-22-25-27-29-30-31-32-33-34-35-36-37-38-39-40-41-42-43-44-46-47-50-53-56-59-62-65-68-74(77)80-71-72(70-79-73(76)67-64-61-58-55-52-49-24-21-18-15-12-9-6-3)81-75(78)69-66-63-60-57-54-51-48-45-28-26-23-20-17-14-11-8-5-2/h7-12,16-21,25-28,30-31,33-34,36-37,39-40,48-49,51-52,57-58,60-61,72H,4-6,13-15,22-24,29,32,35,38,41-47,50,53-56,59,62-71H2,1-3H3/b10-7-,11-8-,12-9-,19-16-,20-17-,21-18-,27-25-,28-26-,31-30-,34-33-,37-36-,40-39-,51-48-,52-49-,60-57-,61-58-. The molecule has 0 aliphatic carbocycles. The number of carbonyl (C=O) groups is 3. The molecule has 6 heteroatoms. The summed E-state index contributed by atoms with van der Waals surface area (Å²) in [4.78, 5) is 38.2. The number of rotatable bonds is 55. The van der Waals surface area contributed by atoms with Crippen LogP contribution < -0.4 is 0 Å². The number of unbranched alkanes of at least 4 members (excludes halogenated alkanes) is 12. The van der Waals surface area contributed by atoms with Crippen molar-refractivity contribution < 1.29 is 28.6 Å². The van der Waals surface area contributed by atoms with Gasteiger partial charge in [-0.1, -0.05) is 273 Å². The van der Waals surface area contributed by atoms with E-state index in [0.717, 1.165) is 128 Å². The van der Waals surface area contributed by atoms with Crippen LogP contribution in [0.4, 0.5) is 0 Å². The summed E-state index contributed by atoms with van der Waals surface area (Å²) in [7, 11) is 0. The molecule has 0 saturated heterocycles. The van der Waals surface area contributed by atoms with Gasteiger partial charge in [0.25, 0.3) is 0 Å². The quantitative estimate of drug-likeness (QED) is 0.0261. The van der Waals surface area contributed by atoms with E-state index >= 15 is 0 Å². The van der Waals surface area contributed by atoms with Gasteiger partial charge >= 0.3 is 17.9 Å². The normalized spacial score (nSPS) is 13.5. The first kappa shape index (κ1) is 75.2. The SMILES string of the molecule is CC/C=C\C/C=C\C/C=C\C/C=C\C/C=C\C/C=C\C/C=C\CCCCCCCCCCCCCC(=O)OCC(COC(=O)CC/C=C\C/C=C\C/C=C\C/C=C\CC)OC(=O)CCC/C=C\C/C=C\C/C=C\C/C=C\C/C=C\CC. The first-order chi connectivity index (χ1) is 40.0. The summed E-state index contributed by atoms with van der Waals surface area (Å²) >= 11 is 0. The molecule has 1 unspecified atom stereocenters. The lowest BCUT2D eigenvalue weighted by atomic mass is 10.0. The van der Waals surface area contributed by atoms with Crippen LogP contribution in [0, 0.1) is 0 Å². The van der Waals surface area contributed by atoms with Crippen molar-refractivity contribution in [3.8, 4) is 0 Å². The number of hydrogen-bond acceptors (Lipinski definition) is 6. The van der Waals surface area contributed by atoms with Gasteiger partial charge in [0.2, 0.25) is 0 Å². The number of allylic oxidation sites excluding steroid dienone is 32. The van der Waals surface area contributed by atoms with Gasteiger partial charge in [-0.15, -0.1) is 0 Å². The maximum Gasteiger partial charge on any atom is 0.306 e. The van der Waals surface area contributed by atoms with Gasteiger partial charge in [0, 0.05) is 19.3 Å². The van der Waals surface area contributed by atoms with Crippen LogP contribution in [0.1, 0.15) is 239 Å². The van der Waals surface area contributed by atoms with Crippen molar-refractivity contribution in [2.24, 2.45) is 0 Å². The predicted molar refractivity (Wildman–Crippen MR) is 352 cm³/mol. The molecule has 0 radical (unpaired) electrons. The van der Waals surface area contributed by atoms with Crippen molar-refractivity contribution >= 4 is 17.9 Å². The highest BCUT2D eigenvalue weighted by Crippen LogP contribution is 2.14. The molecule has 0 aliphatic rings. The number of ether oxygens (including phenoxy) is 3. The van der Waals surface area contributed by atoms with E-state index < -0.39 is 12.1 Å². The zero-order valence-corrected chi connectivity index (χ0v) is 51.5. The van der Waals surface area contributed by atoms with Crippen molar-refractivity contribution in [3.63, 3.8) is 0 Å². The molecule has 450 valence electrons. The van der Waals surface area contributed by atoms with E-state index in [2.05, 4.69) is 203 Å². The van der Waals surface area contributed by atoms with Crippen LogP contribution in [0.3, 0.4) is 0 Å². The van der Waals surface area contributed by atoms with E-state index in [9.17, 15) is 14.4 Å². The molecule has 0 amide bonds. The number of hydrogen-bond donors (Lipinski definition) is 0. The van der Waals surface area contributed by atoms with Crippen molar-refractivity contribution in [3.05, 3.63) is 194 Å². The fourth-order valence-electron chi connectivity index (χ4n) is 7.94. The van der Waals surface area contributed by atoms with Crippen LogP contribution >= 0.6 is 0 Å². The van der Waals surface area contributed by atoms with Gasteiger partial charge in [-0.05, 0) is 141 Å². The number of esters is 3. The van der Waals surface area contributed by atoms with Crippen molar-refractivity contribution in [1.29, 1.82) is 0 Å². The average Bonchev–Trinajstić information content (AvgIpc) is 3.46. The molecule has 6 nitrogen and oxygen atoms in total. The highest BCUT2D eigenvalue weighted by Gasteiger charge is 2.19. The summed E-state index contributed by atoms with van der Waals surface area (Å²) in [6, 6.07) is 0. The summed E-state index contributed by atoms with van der Waals surface area (Å²) in [6.07, 6.45) is 102. The van der Waals surface area contributed by atoms with Crippen LogP contribution in [-0.2, 0) is 28.6 Å². The third-order valence-electron chi connectivity index (χ3n) is 12.6. The molecule has 0 saturated carbocycles. The summed E-state index contributed by atoms with van der Waals surface area (Å²) in [6.45, 7) is 6.16. The Morgan fingerprint density at radius 1 is 0.247 bits per heavy atom. The van der Waals surface area contributed by atoms with Crippen LogP contribution in [-0.4, -0.2) is 37.2 Å². The lowest BCUT2D eigenvalue weighted by Crippen LogP contribution is -2.30. The molecule has 0 heterocycles. The van der Waals surface area contributed by atoms with Gasteiger partial charge in [0.1, 0.15) is 13.2 Å². The van der Waals surface area contributed by atoms with E-state index in [0.29, 0.717) is 19.3 Å². The van der Waals surface area contributed by atoms with Gasteiger partial charge in [0.05, 0.1) is 0 Å². The predicted octanol–water partition coefficient (Wildman–Crippen LogP) is 22.2. The molecule has 0 rings (SSSR count). The zero-order valence-electron chi connectivity index (χ0n) is 51.5. The summed E-state index contributed by atoms with van der Waals surface area (Å²) in [5, 5.41) is 0. The first-order valence-corrected chi connectivity index (χ1v) is 31.9. The number of carbonyl (C=O) groups excluding carboxylic acids is 3. The van der Waals surface area contributed by atoms with Crippen molar-refractivity contribution in [1.82, 2.24) is 0 Å². The monoisotopic (exact) mass is 1110 g/mol. The second kappa shape index (κ2) is 66.8. The molecule has 0 fully saturated rings. The molecular weight excluding hydrogens is 997 g/mol. The van der Waals surface area contributed by atoms with E-state index in [1.165, 1.54) is 57.8 Å². The summed E-state index contributed by atoms with van der Waals surface area (Å²) in [5.74, 6) is -1.09. The lowest BCUT2D eigenvalue weighted by molar-refractivity contribution is -0.166. The molecule has 0 N–H and O–H groups in total. The summed E-state index contributed by atoms with van der Waals surface area (Å²) in [5.41, 5.74) is 0. The fourth-order valence-corrected chi connectivity index (χ4v) is 7.94. The maximum atomic E-state index is 12.9. The molecule has 81 heavy (non-hydrogen) atoms. The smallest absolute Gasteiger partial charge is 0.306 e. The molecule has 0 aromatic carbocycles. The Morgan fingerprint density at radius 2 is 0.481 bits per heavy atom. The van der Waals surface area contributed by atoms with Crippen molar-refractivity contribution in [2.45, 2.75) is 245 Å². The Hall–Kier alpha value is -5.75. The molecule has 0 spiro atoms. The third-order valence-corrected chi connectivity index (χ3v) is 12.6. The molecule has 0 bridgehead atoms. The van der Waals surface area contributed by atoms with E-state index in [-0.39, 0.29) is 38.0 Å². The van der Waals surface area contributed by atoms with E-state index in [4.69, 9.17) is 14.2 Å². The maximum absolute atomic E-state index is 12.9. The first-order valence-electron chi connectivity index (χ1n) is 31.9. The second-order valence-corrected chi connectivity index (χ2v) is 20.2. The van der Waals surface area contributed by atoms with Gasteiger partial charge in [0.15, 0.2) is 6.10 Å². The minimum absolute atomic E-state index is 0.134. The van der Waals surface area contributed by atoms with Gasteiger partial charge < -0.3 is 14.2 Å². The molecule has 0 aliphatic heterocycles. The zero-order chi connectivity index (χ0) is 58.5. The van der Waals surface area contributed by atoms with E-state index in [1.54, 1.807) is 0 Å². The Labute approximate surface area is 497 Å². The van der Waals surface area contributed by atoms with Gasteiger partial charge in [-0.2, -0.15) is 0 Å². The van der Waals surface area contributed by atoms with Crippen LogP contribution in [0.2, 0.25) is 0 Å². The second-order valence-electron chi connectivity index (χ2n) is 20.2. The van der Waals surface area contributed by atoms with Gasteiger partial charge in [-0.3, -0.25) is 14.4 Å². The molecular formula is C75H114O6. The van der Waals surface area contributed by atoms with Crippen LogP contribution in [0.5, 0.6) is 0 Å². The minimum atomic E-state index is -0.849. The molecule has 1 atom stereocenters. The van der Waals surface area contributed by atoms with Crippen LogP contribution in [0.15, 0.2) is 194 Å². The Balaban J connectivity index is 4.37. The minimum Gasteiger partial charge on any atom is -0.462 e. The molecule has 0 aromatic rings. The largest absolute Gasteiger partial charge is 0.462 e. The highest BCUT2D eigenvalue weighted by atomic mass is 16.6. The average molecular weight is 1110 g/mol. The summed E-state index contributed by atoms with van der Waals surface area (Å²) < 4.78 is 16.8. The fraction of sp³-hybridized carbons (Fsp3) is 0.533. The van der Waals surface area contributed by atoms with Crippen molar-refractivity contribution in [2.75, 3.05) is 13.2 Å². The van der Waals surface area contributed by atoms with E-state index in [1.807, 2.05) is 12.2 Å². The third kappa shape index (κ3) is 64.9. The Bertz CT molecular complexity index is 1950. The Kier molecular flexibility index (Phi) is 62.0. The van der Waals surface area contributed by atoms with Gasteiger partial charge in [-0.25, -0.2) is 0 Å². The van der Waals surface area contributed by atoms with Crippen LogP contribution in [0.25, 0.3) is 0 Å². The molecule has 0 aromatic heterocycles. The lowest BCUT2D eigenvalue weighted by Gasteiger charge is -2.18. The highest BCUT2D eigenvalue weighted by molar-refractivity contribution is 5.71.